The van der Waals surface area contributed by atoms with Gasteiger partial charge in [-0.15, -0.1) is 0 Å². The summed E-state index contributed by atoms with van der Waals surface area (Å²) in [6.45, 7) is 1.97. The minimum atomic E-state index is -1.28. The summed E-state index contributed by atoms with van der Waals surface area (Å²) in [5.41, 5.74) is 1.10. The van der Waals surface area contributed by atoms with E-state index in [2.05, 4.69) is 9.89 Å². The molecule has 9 nitrogen and oxygen atoms in total. The normalized spacial score (nSPS) is 13.0. The van der Waals surface area contributed by atoms with Crippen molar-refractivity contribution < 1.29 is 35.1 Å². The molecule has 9 heteroatoms. The molecule has 0 fully saturated rings. The molecule has 0 spiro atoms. The van der Waals surface area contributed by atoms with Gasteiger partial charge in [-0.1, -0.05) is 66.7 Å². The van der Waals surface area contributed by atoms with Crippen molar-refractivity contribution in [3.05, 3.63) is 119 Å². The number of rotatable bonds is 6. The number of hydrogen-bond acceptors (Lipinski definition) is 7. The Hall–Kier alpha value is -5.83. The fourth-order valence-corrected chi connectivity index (χ4v) is 5.40. The van der Waals surface area contributed by atoms with E-state index in [1.54, 1.807) is 60.7 Å². The number of fused-ring (bicyclic) bond motifs is 2. The van der Waals surface area contributed by atoms with Gasteiger partial charge in [0.1, 0.15) is 34.2 Å². The Kier molecular flexibility index (Phi) is 8.99. The Labute approximate surface area is 259 Å². The molecule has 5 aromatic rings. The van der Waals surface area contributed by atoms with Gasteiger partial charge in [-0.3, -0.25) is 4.99 Å². The molecule has 0 aliphatic carbocycles. The van der Waals surface area contributed by atoms with E-state index in [0.717, 1.165) is 30.9 Å². The smallest absolute Gasteiger partial charge is 0.339 e. The third kappa shape index (κ3) is 6.73. The van der Waals surface area contributed by atoms with Crippen molar-refractivity contribution in [3.8, 4) is 17.2 Å². The van der Waals surface area contributed by atoms with Gasteiger partial charge in [-0.05, 0) is 63.9 Å². The van der Waals surface area contributed by atoms with Crippen LogP contribution in [0.5, 0.6) is 17.2 Å². The molecule has 1 heterocycles. The van der Waals surface area contributed by atoms with E-state index in [9.17, 15) is 35.1 Å². The van der Waals surface area contributed by atoms with Crippen LogP contribution in [-0.4, -0.2) is 68.3 Å². The maximum atomic E-state index is 11.6. The molecule has 0 aromatic heterocycles. The summed E-state index contributed by atoms with van der Waals surface area (Å²) in [4.78, 5) is 29.8. The van der Waals surface area contributed by atoms with Crippen molar-refractivity contribution in [1.29, 1.82) is 0 Å². The maximum absolute atomic E-state index is 11.6. The second-order valence-electron chi connectivity index (χ2n) is 10.7. The van der Waals surface area contributed by atoms with Crippen LogP contribution in [0.1, 0.15) is 43.8 Å². The molecule has 0 amide bonds. The van der Waals surface area contributed by atoms with Crippen LogP contribution in [-0.2, 0) is 6.42 Å². The first-order chi connectivity index (χ1) is 21.6. The Bertz CT molecular complexity index is 1880. The number of hydrogen-bond donors (Lipinski definition) is 5. The predicted octanol–water partition coefficient (Wildman–Crippen LogP) is 6.53. The fourth-order valence-electron chi connectivity index (χ4n) is 5.40. The first-order valence-corrected chi connectivity index (χ1v) is 14.3. The van der Waals surface area contributed by atoms with Crippen LogP contribution in [0.25, 0.3) is 27.6 Å². The van der Waals surface area contributed by atoms with Crippen molar-refractivity contribution >= 4 is 45.4 Å². The topological polar surface area (TPSA) is 151 Å². The standard InChI is InChI=1S/C23H16O6.C13H16N2O/c24-20-16(14-7-3-1-5-12(14)9-18(20)22(26)27)11-17-15-8-4-2-6-13(15)10-19(21(17)25)23(28)29;1-15-9-3-8-14-13(15)7-6-11-4-2-5-12(16)10-11/h1-10,24-25H,11H2,(H,26,27)(H,28,29);2,4-7,10,16H,3,8-9H2,1H3. The lowest BCUT2D eigenvalue weighted by molar-refractivity contribution is 0.0682. The van der Waals surface area contributed by atoms with Crippen molar-refractivity contribution in [2.24, 2.45) is 4.99 Å². The maximum Gasteiger partial charge on any atom is 0.339 e. The number of aromatic carboxylic acids is 2. The summed E-state index contributed by atoms with van der Waals surface area (Å²) in [5, 5.41) is 52.1. The first-order valence-electron chi connectivity index (χ1n) is 14.3. The summed E-state index contributed by atoms with van der Waals surface area (Å²) in [5.74, 6) is -2.05. The van der Waals surface area contributed by atoms with Gasteiger partial charge in [0.2, 0.25) is 0 Å². The molecular weight excluding hydrogens is 572 g/mol. The van der Waals surface area contributed by atoms with Gasteiger partial charge in [0.25, 0.3) is 0 Å². The van der Waals surface area contributed by atoms with E-state index >= 15 is 0 Å². The summed E-state index contributed by atoms with van der Waals surface area (Å²) in [6.07, 6.45) is 5.05. The lowest BCUT2D eigenvalue weighted by Crippen LogP contribution is -2.30. The number of carboxylic acid groups (broad SMARTS) is 2. The predicted molar refractivity (Wildman–Crippen MR) is 175 cm³/mol. The van der Waals surface area contributed by atoms with E-state index in [-0.39, 0.29) is 17.5 Å². The zero-order valence-corrected chi connectivity index (χ0v) is 24.5. The average molecular weight is 605 g/mol. The van der Waals surface area contributed by atoms with Gasteiger partial charge < -0.3 is 30.4 Å². The van der Waals surface area contributed by atoms with Crippen LogP contribution >= 0.6 is 0 Å². The lowest BCUT2D eigenvalue weighted by Gasteiger charge is -2.22. The number of carboxylic acids is 2. The second-order valence-corrected chi connectivity index (χ2v) is 10.7. The van der Waals surface area contributed by atoms with Crippen LogP contribution in [0.15, 0.2) is 96.0 Å². The highest BCUT2D eigenvalue weighted by atomic mass is 16.4. The van der Waals surface area contributed by atoms with Crippen LogP contribution in [0.4, 0.5) is 0 Å². The molecule has 0 atom stereocenters. The molecule has 0 unspecified atom stereocenters. The number of aromatic hydroxyl groups is 3. The SMILES string of the molecule is CN1CCCN=C1C=Cc1cccc(O)c1.O=C(O)c1cc2ccccc2c(Cc2c(O)c(C(=O)O)cc3ccccc23)c1O. The Balaban J connectivity index is 0.000000211. The molecule has 228 valence electrons. The highest BCUT2D eigenvalue weighted by Gasteiger charge is 2.22. The molecule has 0 radical (unpaired) electrons. The minimum Gasteiger partial charge on any atom is -0.508 e. The summed E-state index contributed by atoms with van der Waals surface area (Å²) in [6, 6.07) is 24.0. The fraction of sp³-hybridized carbons (Fsp3) is 0.139. The minimum absolute atomic E-state index is 0.0407. The summed E-state index contributed by atoms with van der Waals surface area (Å²) < 4.78 is 0. The van der Waals surface area contributed by atoms with Crippen molar-refractivity contribution in [2.45, 2.75) is 12.8 Å². The third-order valence-corrected chi connectivity index (χ3v) is 7.68. The molecule has 1 aliphatic rings. The van der Waals surface area contributed by atoms with Crippen LogP contribution in [0.2, 0.25) is 0 Å². The molecule has 0 saturated carbocycles. The molecular formula is C36H32N2O7. The highest BCUT2D eigenvalue weighted by molar-refractivity contribution is 6.02. The van der Waals surface area contributed by atoms with Gasteiger partial charge in [0, 0.05) is 37.7 Å². The van der Waals surface area contributed by atoms with Crippen LogP contribution in [0, 0.1) is 0 Å². The summed E-state index contributed by atoms with van der Waals surface area (Å²) >= 11 is 0. The summed E-state index contributed by atoms with van der Waals surface area (Å²) in [7, 11) is 2.05. The molecule has 1 aliphatic heterocycles. The second kappa shape index (κ2) is 13.2. The van der Waals surface area contributed by atoms with E-state index in [1.165, 1.54) is 12.1 Å². The van der Waals surface area contributed by atoms with E-state index in [0.29, 0.717) is 38.4 Å². The Morgan fingerprint density at radius 2 is 1.31 bits per heavy atom. The van der Waals surface area contributed by atoms with Gasteiger partial charge in [-0.2, -0.15) is 0 Å². The number of phenolic OH excluding ortho intramolecular Hbond substituents is 1. The lowest BCUT2D eigenvalue weighted by atomic mass is 9.90. The molecule has 5 N–H and O–H groups in total. The van der Waals surface area contributed by atoms with Crippen LogP contribution in [0.3, 0.4) is 0 Å². The highest BCUT2D eigenvalue weighted by Crippen LogP contribution is 2.38. The number of aliphatic imine (C=N–C) groups is 1. The van der Waals surface area contributed by atoms with Gasteiger partial charge in [0.15, 0.2) is 0 Å². The van der Waals surface area contributed by atoms with Gasteiger partial charge >= 0.3 is 11.9 Å². The van der Waals surface area contributed by atoms with E-state index < -0.39 is 23.4 Å². The van der Waals surface area contributed by atoms with Gasteiger partial charge in [-0.25, -0.2) is 9.59 Å². The van der Waals surface area contributed by atoms with E-state index in [1.807, 2.05) is 31.3 Å². The van der Waals surface area contributed by atoms with Crippen molar-refractivity contribution in [3.63, 3.8) is 0 Å². The Morgan fingerprint density at radius 3 is 1.82 bits per heavy atom. The van der Waals surface area contributed by atoms with E-state index in [4.69, 9.17) is 0 Å². The first kappa shape index (κ1) is 30.6. The monoisotopic (exact) mass is 604 g/mol. The molecule has 0 saturated heterocycles. The average Bonchev–Trinajstić information content (AvgIpc) is 3.03. The number of nitrogens with zero attached hydrogens (tertiary/aromatic N) is 2. The number of phenols is 3. The zero-order chi connectivity index (χ0) is 32.1. The number of benzene rings is 5. The number of likely N-dealkylation sites (N-methyl/N-ethyl adjacent to an activating group) is 1. The number of amidine groups is 1. The molecule has 5 aromatic carbocycles. The van der Waals surface area contributed by atoms with Crippen molar-refractivity contribution in [1.82, 2.24) is 4.90 Å². The van der Waals surface area contributed by atoms with Crippen LogP contribution < -0.4 is 0 Å². The zero-order valence-electron chi connectivity index (χ0n) is 24.5. The quantitative estimate of drug-likeness (QED) is 0.147. The molecule has 45 heavy (non-hydrogen) atoms. The number of carbonyl (C=O) groups is 2. The van der Waals surface area contributed by atoms with Gasteiger partial charge in [0.05, 0.1) is 0 Å². The molecule has 6 rings (SSSR count). The Morgan fingerprint density at radius 1 is 0.756 bits per heavy atom. The largest absolute Gasteiger partial charge is 0.508 e. The van der Waals surface area contributed by atoms with Crippen molar-refractivity contribution in [2.75, 3.05) is 20.1 Å². The molecule has 0 bridgehead atoms. The third-order valence-electron chi connectivity index (χ3n) is 7.68.